The van der Waals surface area contributed by atoms with Gasteiger partial charge in [0.15, 0.2) is 12.5 Å². The van der Waals surface area contributed by atoms with Crippen molar-refractivity contribution in [3.8, 4) is 11.5 Å². The largest absolute Gasteiger partial charge is 0.486 e. The van der Waals surface area contributed by atoms with Crippen molar-refractivity contribution in [1.82, 2.24) is 0 Å². The molecule has 1 aliphatic heterocycles. The second-order valence-electron chi connectivity index (χ2n) is 4.50. The topological polar surface area (TPSA) is 27.7 Å². The molecule has 110 valence electrons. The van der Waals surface area contributed by atoms with Crippen molar-refractivity contribution in [2.24, 2.45) is 0 Å². The van der Waals surface area contributed by atoms with Crippen molar-refractivity contribution in [1.29, 1.82) is 0 Å². The Hall–Kier alpha value is -1.49. The van der Waals surface area contributed by atoms with Crippen LogP contribution >= 0.6 is 23.2 Å². The van der Waals surface area contributed by atoms with E-state index in [-0.39, 0.29) is 19.2 Å². The summed E-state index contributed by atoms with van der Waals surface area (Å²) in [5.41, 5.74) is 1.24. The van der Waals surface area contributed by atoms with Gasteiger partial charge in [-0.05, 0) is 24.3 Å². The molecule has 1 aliphatic rings. The van der Waals surface area contributed by atoms with Crippen LogP contribution in [-0.4, -0.2) is 6.79 Å². The van der Waals surface area contributed by atoms with E-state index in [0.29, 0.717) is 39.3 Å². The summed E-state index contributed by atoms with van der Waals surface area (Å²) in [5, 5.41) is 0.800. The van der Waals surface area contributed by atoms with Gasteiger partial charge in [0.2, 0.25) is 0 Å². The van der Waals surface area contributed by atoms with Crippen LogP contribution in [0.4, 0.5) is 4.39 Å². The molecule has 0 saturated heterocycles. The van der Waals surface area contributed by atoms with Gasteiger partial charge in [-0.1, -0.05) is 29.3 Å². The lowest BCUT2D eigenvalue weighted by Gasteiger charge is -2.21. The van der Waals surface area contributed by atoms with Crippen LogP contribution in [0.15, 0.2) is 30.3 Å². The highest BCUT2D eigenvalue weighted by molar-refractivity contribution is 6.37. The lowest BCUT2D eigenvalue weighted by atomic mass is 10.1. The van der Waals surface area contributed by atoms with E-state index < -0.39 is 0 Å². The summed E-state index contributed by atoms with van der Waals surface area (Å²) in [4.78, 5) is 0. The molecule has 0 aromatic heterocycles. The molecule has 0 saturated carbocycles. The van der Waals surface area contributed by atoms with Gasteiger partial charge in [0, 0.05) is 11.1 Å². The fourth-order valence-electron chi connectivity index (χ4n) is 2.13. The van der Waals surface area contributed by atoms with Crippen molar-refractivity contribution >= 4 is 23.2 Å². The van der Waals surface area contributed by atoms with Gasteiger partial charge in [-0.3, -0.25) is 0 Å². The first-order valence-electron chi connectivity index (χ1n) is 6.24. The molecule has 0 radical (unpaired) electrons. The fourth-order valence-corrected chi connectivity index (χ4v) is 2.64. The normalized spacial score (nSPS) is 13.5. The van der Waals surface area contributed by atoms with Gasteiger partial charge in [-0.15, -0.1) is 0 Å². The highest BCUT2D eigenvalue weighted by Gasteiger charge is 2.18. The van der Waals surface area contributed by atoms with E-state index in [2.05, 4.69) is 0 Å². The second-order valence-corrected chi connectivity index (χ2v) is 5.32. The standard InChI is InChI=1S/C15H11Cl2FO3/c16-12-2-1-3-13(17)15(12)20-7-10-5-11(18)4-9-6-19-8-21-14(9)10/h1-5H,6-8H2. The van der Waals surface area contributed by atoms with Crippen molar-refractivity contribution in [2.45, 2.75) is 13.2 Å². The van der Waals surface area contributed by atoms with Crippen molar-refractivity contribution in [2.75, 3.05) is 6.79 Å². The Kier molecular flexibility index (Phi) is 4.19. The molecule has 0 fully saturated rings. The molecular weight excluding hydrogens is 318 g/mol. The van der Waals surface area contributed by atoms with Gasteiger partial charge in [0.1, 0.15) is 18.2 Å². The molecule has 2 aromatic rings. The maximum absolute atomic E-state index is 13.6. The third-order valence-electron chi connectivity index (χ3n) is 3.04. The van der Waals surface area contributed by atoms with E-state index >= 15 is 0 Å². The number of benzene rings is 2. The molecule has 0 N–H and O–H groups in total. The van der Waals surface area contributed by atoms with Crippen LogP contribution in [0.2, 0.25) is 10.0 Å². The lowest BCUT2D eigenvalue weighted by molar-refractivity contribution is -0.0178. The van der Waals surface area contributed by atoms with Gasteiger partial charge in [-0.2, -0.15) is 0 Å². The Balaban J connectivity index is 1.87. The number of hydrogen-bond donors (Lipinski definition) is 0. The van der Waals surface area contributed by atoms with Crippen LogP contribution < -0.4 is 9.47 Å². The SMILES string of the molecule is Fc1cc2c(c(COc3c(Cl)cccc3Cl)c1)OCOC2. The number of para-hydroxylation sites is 1. The van der Waals surface area contributed by atoms with E-state index in [1.165, 1.54) is 12.1 Å². The third kappa shape index (κ3) is 3.07. The summed E-state index contributed by atoms with van der Waals surface area (Å²) in [5.74, 6) is 0.587. The van der Waals surface area contributed by atoms with E-state index in [0.717, 1.165) is 0 Å². The predicted octanol–water partition coefficient (Wildman–Crippen LogP) is 4.58. The number of hydrogen-bond acceptors (Lipinski definition) is 3. The monoisotopic (exact) mass is 328 g/mol. The summed E-state index contributed by atoms with van der Waals surface area (Å²) in [6.45, 7) is 0.551. The van der Waals surface area contributed by atoms with Crippen molar-refractivity contribution in [3.05, 3.63) is 57.3 Å². The molecule has 1 heterocycles. The molecule has 0 unspecified atom stereocenters. The molecule has 0 amide bonds. The summed E-state index contributed by atoms with van der Waals surface area (Å²) in [6.07, 6.45) is 0. The van der Waals surface area contributed by atoms with Crippen LogP contribution in [0.1, 0.15) is 11.1 Å². The summed E-state index contributed by atoms with van der Waals surface area (Å²) >= 11 is 12.1. The summed E-state index contributed by atoms with van der Waals surface area (Å²) in [7, 11) is 0. The minimum absolute atomic E-state index is 0.101. The minimum atomic E-state index is -0.369. The molecule has 0 atom stereocenters. The molecule has 3 nitrogen and oxygen atoms in total. The smallest absolute Gasteiger partial charge is 0.189 e. The van der Waals surface area contributed by atoms with Crippen LogP contribution in [0.25, 0.3) is 0 Å². The average Bonchev–Trinajstić information content (AvgIpc) is 2.46. The van der Waals surface area contributed by atoms with Crippen LogP contribution in [-0.2, 0) is 18.0 Å². The first-order chi connectivity index (χ1) is 10.1. The molecule has 3 rings (SSSR count). The molecule has 2 aromatic carbocycles. The van der Waals surface area contributed by atoms with E-state index in [1.807, 2.05) is 0 Å². The third-order valence-corrected chi connectivity index (χ3v) is 3.64. The predicted molar refractivity (Wildman–Crippen MR) is 77.5 cm³/mol. The van der Waals surface area contributed by atoms with Gasteiger partial charge >= 0.3 is 0 Å². The van der Waals surface area contributed by atoms with Crippen LogP contribution in [0.5, 0.6) is 11.5 Å². The highest BCUT2D eigenvalue weighted by Crippen LogP contribution is 2.35. The maximum Gasteiger partial charge on any atom is 0.189 e. The second kappa shape index (κ2) is 6.10. The Labute approximate surface area is 131 Å². The molecule has 21 heavy (non-hydrogen) atoms. The number of halogens is 3. The molecule has 0 bridgehead atoms. The Morgan fingerprint density at radius 3 is 2.71 bits per heavy atom. The fraction of sp³-hybridized carbons (Fsp3) is 0.200. The lowest BCUT2D eigenvalue weighted by Crippen LogP contribution is -2.14. The van der Waals surface area contributed by atoms with Crippen molar-refractivity contribution in [3.63, 3.8) is 0 Å². The molecule has 0 spiro atoms. The van der Waals surface area contributed by atoms with Crippen LogP contribution in [0.3, 0.4) is 0 Å². The van der Waals surface area contributed by atoms with Gasteiger partial charge in [0.25, 0.3) is 0 Å². The van der Waals surface area contributed by atoms with E-state index in [4.69, 9.17) is 37.4 Å². The van der Waals surface area contributed by atoms with Crippen LogP contribution in [0, 0.1) is 5.82 Å². The number of rotatable bonds is 3. The van der Waals surface area contributed by atoms with Gasteiger partial charge in [0.05, 0.1) is 16.7 Å². The maximum atomic E-state index is 13.6. The first kappa shape index (κ1) is 14.4. The molecule has 6 heteroatoms. The van der Waals surface area contributed by atoms with E-state index in [1.54, 1.807) is 18.2 Å². The molecular formula is C15H11Cl2FO3. The Morgan fingerprint density at radius 1 is 1.19 bits per heavy atom. The van der Waals surface area contributed by atoms with Crippen molar-refractivity contribution < 1.29 is 18.6 Å². The Morgan fingerprint density at radius 2 is 1.95 bits per heavy atom. The quantitative estimate of drug-likeness (QED) is 0.825. The molecule has 0 aliphatic carbocycles. The van der Waals surface area contributed by atoms with Gasteiger partial charge in [-0.25, -0.2) is 4.39 Å². The van der Waals surface area contributed by atoms with Gasteiger partial charge < -0.3 is 14.2 Å². The average molecular weight is 329 g/mol. The number of ether oxygens (including phenoxy) is 3. The highest BCUT2D eigenvalue weighted by atomic mass is 35.5. The minimum Gasteiger partial charge on any atom is -0.486 e. The zero-order valence-electron chi connectivity index (χ0n) is 10.9. The zero-order valence-corrected chi connectivity index (χ0v) is 12.4. The first-order valence-corrected chi connectivity index (χ1v) is 6.99. The zero-order chi connectivity index (χ0) is 14.8. The summed E-state index contributed by atoms with van der Waals surface area (Å²) < 4.78 is 29.8. The Bertz CT molecular complexity index is 656. The summed E-state index contributed by atoms with van der Waals surface area (Å²) in [6, 6.07) is 7.83. The van der Waals surface area contributed by atoms with E-state index in [9.17, 15) is 4.39 Å². The number of fused-ring (bicyclic) bond motifs is 1.